The van der Waals surface area contributed by atoms with E-state index in [0.717, 1.165) is 86.1 Å². The number of aliphatic imine (C=N–C) groups is 1. The predicted octanol–water partition coefficient (Wildman–Crippen LogP) is 4.54. The topological polar surface area (TPSA) is 71.3 Å². The fraction of sp³-hybridized carbons (Fsp3) is 0.500. The molecule has 0 spiro atoms. The van der Waals surface area contributed by atoms with Crippen LogP contribution in [0.15, 0.2) is 58.1 Å². The Morgan fingerprint density at radius 3 is 2.61 bits per heavy atom. The number of allylic oxidation sites excluding steroid dienone is 4. The number of hydrogen-bond acceptors (Lipinski definition) is 8. The average molecular weight is 561 g/mol. The summed E-state index contributed by atoms with van der Waals surface area (Å²) in [5, 5.41) is 9.44. The highest BCUT2D eigenvalue weighted by Gasteiger charge is 2.27. The Kier molecular flexibility index (Phi) is 8.66. The second-order valence-corrected chi connectivity index (χ2v) is 10.4. The Hall–Kier alpha value is -2.88. The molecule has 1 atom stereocenters. The number of aliphatic hydroxyl groups excluding tert-OH is 1. The summed E-state index contributed by atoms with van der Waals surface area (Å²) in [6, 6.07) is 2.45. The SMILES string of the molecule is C=C/C(O)=C(/F)C/C=C\Cc1cc(N2CCN(C3=NC=C(Br)CN3C)CC2)nc(N2CCCC2C)n1. The van der Waals surface area contributed by atoms with E-state index in [0.29, 0.717) is 12.5 Å². The van der Waals surface area contributed by atoms with Gasteiger partial charge in [-0.3, -0.25) is 0 Å². The van der Waals surface area contributed by atoms with E-state index < -0.39 is 11.6 Å². The van der Waals surface area contributed by atoms with Crippen molar-refractivity contribution in [3.8, 4) is 0 Å². The number of hydrogen-bond donors (Lipinski definition) is 1. The van der Waals surface area contributed by atoms with Crippen LogP contribution >= 0.6 is 15.9 Å². The minimum Gasteiger partial charge on any atom is -0.505 e. The van der Waals surface area contributed by atoms with Crippen LogP contribution in [0, 0.1) is 0 Å². The molecule has 0 aliphatic carbocycles. The van der Waals surface area contributed by atoms with Crippen molar-refractivity contribution in [1.82, 2.24) is 19.8 Å². The van der Waals surface area contributed by atoms with Crippen LogP contribution in [0.2, 0.25) is 0 Å². The molecule has 1 unspecified atom stereocenters. The maximum atomic E-state index is 13.8. The van der Waals surface area contributed by atoms with Crippen LogP contribution in [0.25, 0.3) is 0 Å². The summed E-state index contributed by atoms with van der Waals surface area (Å²) in [6.07, 6.45) is 9.46. The van der Waals surface area contributed by atoms with Crippen LogP contribution in [0.3, 0.4) is 0 Å². The molecule has 4 rings (SSSR count). The minimum absolute atomic E-state index is 0.0257. The van der Waals surface area contributed by atoms with Gasteiger partial charge in [-0.2, -0.15) is 4.98 Å². The molecule has 8 nitrogen and oxygen atoms in total. The molecule has 0 saturated carbocycles. The molecular weight excluding hydrogens is 525 g/mol. The van der Waals surface area contributed by atoms with Crippen molar-refractivity contribution in [2.24, 2.45) is 4.99 Å². The maximum Gasteiger partial charge on any atom is 0.227 e. The minimum atomic E-state index is -0.592. The zero-order valence-corrected chi connectivity index (χ0v) is 22.7. The molecular formula is C26H35BrFN7O. The fourth-order valence-electron chi connectivity index (χ4n) is 4.72. The molecule has 1 aromatic rings. The number of rotatable bonds is 7. The van der Waals surface area contributed by atoms with E-state index in [9.17, 15) is 9.50 Å². The molecule has 3 aliphatic heterocycles. The number of nitrogens with zero attached hydrogens (tertiary/aromatic N) is 7. The van der Waals surface area contributed by atoms with Crippen molar-refractivity contribution in [3.63, 3.8) is 0 Å². The van der Waals surface area contributed by atoms with Crippen LogP contribution in [0.1, 0.15) is 31.9 Å². The Labute approximate surface area is 221 Å². The number of aliphatic hydroxyl groups is 1. The fourth-order valence-corrected chi connectivity index (χ4v) is 5.20. The number of guanidine groups is 1. The highest BCUT2D eigenvalue weighted by Crippen LogP contribution is 2.26. The van der Waals surface area contributed by atoms with Crippen molar-refractivity contribution < 1.29 is 9.50 Å². The Morgan fingerprint density at radius 1 is 1.19 bits per heavy atom. The van der Waals surface area contributed by atoms with Gasteiger partial charge in [0.1, 0.15) is 17.4 Å². The van der Waals surface area contributed by atoms with E-state index in [2.05, 4.69) is 61.1 Å². The largest absolute Gasteiger partial charge is 0.505 e. The average Bonchev–Trinajstić information content (AvgIpc) is 3.32. The van der Waals surface area contributed by atoms with E-state index >= 15 is 0 Å². The molecule has 0 amide bonds. The number of aromatic nitrogens is 2. The highest BCUT2D eigenvalue weighted by molar-refractivity contribution is 9.11. The van der Waals surface area contributed by atoms with Gasteiger partial charge in [0, 0.05) is 75.4 Å². The molecule has 0 aromatic carbocycles. The van der Waals surface area contributed by atoms with Crippen molar-refractivity contribution in [1.29, 1.82) is 0 Å². The Bertz CT molecular complexity index is 1080. The van der Waals surface area contributed by atoms with Crippen LogP contribution in [-0.2, 0) is 6.42 Å². The van der Waals surface area contributed by atoms with Crippen molar-refractivity contribution in [3.05, 3.63) is 58.8 Å². The van der Waals surface area contributed by atoms with Gasteiger partial charge in [-0.05, 0) is 25.8 Å². The molecule has 0 bridgehead atoms. The highest BCUT2D eigenvalue weighted by atomic mass is 79.9. The van der Waals surface area contributed by atoms with E-state index in [1.165, 1.54) is 0 Å². The molecule has 194 valence electrons. The first-order valence-corrected chi connectivity index (χ1v) is 13.3. The zero-order valence-electron chi connectivity index (χ0n) is 21.1. The van der Waals surface area contributed by atoms with E-state index in [4.69, 9.17) is 9.97 Å². The maximum absolute atomic E-state index is 13.8. The number of halogens is 2. The van der Waals surface area contributed by atoms with Gasteiger partial charge in [0.05, 0.1) is 12.2 Å². The second-order valence-electron chi connectivity index (χ2n) is 9.41. The summed E-state index contributed by atoms with van der Waals surface area (Å²) >= 11 is 3.53. The summed E-state index contributed by atoms with van der Waals surface area (Å²) in [5.41, 5.74) is 0.900. The lowest BCUT2D eigenvalue weighted by Gasteiger charge is -2.40. The lowest BCUT2D eigenvalue weighted by molar-refractivity contribution is 0.332. The molecule has 0 radical (unpaired) electrons. The lowest BCUT2D eigenvalue weighted by Crippen LogP contribution is -2.53. The smallest absolute Gasteiger partial charge is 0.227 e. The molecule has 36 heavy (non-hydrogen) atoms. The first kappa shape index (κ1) is 26.2. The van der Waals surface area contributed by atoms with Crippen molar-refractivity contribution >= 4 is 33.7 Å². The van der Waals surface area contributed by atoms with Gasteiger partial charge in [0.2, 0.25) is 11.9 Å². The van der Waals surface area contributed by atoms with E-state index in [-0.39, 0.29) is 6.42 Å². The molecule has 1 aromatic heterocycles. The Morgan fingerprint density at radius 2 is 1.94 bits per heavy atom. The zero-order chi connectivity index (χ0) is 25.7. The lowest BCUT2D eigenvalue weighted by atomic mass is 10.2. The summed E-state index contributed by atoms with van der Waals surface area (Å²) < 4.78 is 14.9. The third-order valence-corrected chi connectivity index (χ3v) is 7.22. The van der Waals surface area contributed by atoms with Crippen LogP contribution in [0.4, 0.5) is 16.2 Å². The van der Waals surface area contributed by atoms with E-state index in [1.54, 1.807) is 6.08 Å². The molecule has 2 fully saturated rings. The summed E-state index contributed by atoms with van der Waals surface area (Å²) in [7, 11) is 2.06. The first-order chi connectivity index (χ1) is 17.4. The van der Waals surface area contributed by atoms with Gasteiger partial charge < -0.3 is 24.7 Å². The summed E-state index contributed by atoms with van der Waals surface area (Å²) in [6.45, 7) is 10.8. The van der Waals surface area contributed by atoms with Crippen molar-refractivity contribution in [2.75, 3.05) is 56.1 Å². The summed E-state index contributed by atoms with van der Waals surface area (Å²) in [4.78, 5) is 23.5. The van der Waals surface area contributed by atoms with Crippen LogP contribution in [-0.4, -0.2) is 83.2 Å². The first-order valence-electron chi connectivity index (χ1n) is 12.5. The standard InChI is InChI=1S/C26H35BrFN7O/c1-4-23(36)22(28)10-6-5-9-21-16-24(31-25(30-21)35-11-7-8-19(35)2)33-12-14-34(15-13-33)26-29-17-20(27)18-32(26)3/h4-6,16-17,19,36H,1,7-15,18H2,2-3H3/b6-5-,23-22-. The Balaban J connectivity index is 1.48. The van der Waals surface area contributed by atoms with Gasteiger partial charge in [-0.15, -0.1) is 0 Å². The number of likely N-dealkylation sites (N-methyl/N-ethyl adjacent to an activating group) is 1. The molecule has 1 N–H and O–H groups in total. The summed E-state index contributed by atoms with van der Waals surface area (Å²) in [5.74, 6) is 1.69. The quantitative estimate of drug-likeness (QED) is 0.298. The molecule has 4 heterocycles. The second kappa shape index (κ2) is 11.9. The normalized spacial score (nSPS) is 21.6. The van der Waals surface area contributed by atoms with Gasteiger partial charge in [-0.25, -0.2) is 14.4 Å². The van der Waals surface area contributed by atoms with E-state index in [1.807, 2.05) is 18.3 Å². The number of anilines is 2. The van der Waals surface area contributed by atoms with Gasteiger partial charge >= 0.3 is 0 Å². The molecule has 2 saturated heterocycles. The van der Waals surface area contributed by atoms with Gasteiger partial charge in [-0.1, -0.05) is 34.7 Å². The van der Waals surface area contributed by atoms with Crippen LogP contribution < -0.4 is 9.80 Å². The van der Waals surface area contributed by atoms with Gasteiger partial charge in [0.15, 0.2) is 0 Å². The molecule has 3 aliphatic rings. The monoisotopic (exact) mass is 559 g/mol. The number of piperazine rings is 1. The van der Waals surface area contributed by atoms with Gasteiger partial charge in [0.25, 0.3) is 0 Å². The third kappa shape index (κ3) is 6.27. The predicted molar refractivity (Wildman–Crippen MR) is 147 cm³/mol. The molecule has 10 heteroatoms. The van der Waals surface area contributed by atoms with Crippen molar-refractivity contribution in [2.45, 2.75) is 38.6 Å². The van der Waals surface area contributed by atoms with Crippen LogP contribution in [0.5, 0.6) is 0 Å². The third-order valence-electron chi connectivity index (χ3n) is 6.76.